The predicted octanol–water partition coefficient (Wildman–Crippen LogP) is 1.59. The van der Waals surface area contributed by atoms with Gasteiger partial charge in [0.1, 0.15) is 0 Å². The highest BCUT2D eigenvalue weighted by molar-refractivity contribution is 5.69. The molecule has 0 atom stereocenters. The molecule has 0 unspecified atom stereocenters. The second-order valence-corrected chi connectivity index (χ2v) is 4.50. The molecule has 1 aromatic rings. The lowest BCUT2D eigenvalue weighted by Crippen LogP contribution is -2.34. The molecular formula is C12H21N3O2. The smallest absolute Gasteiger partial charge is 0.317 e. The Morgan fingerprint density at radius 2 is 2.29 bits per heavy atom. The molecule has 0 aromatic carbocycles. The zero-order valence-electron chi connectivity index (χ0n) is 10.8. The van der Waals surface area contributed by atoms with Gasteiger partial charge in [-0.05, 0) is 20.3 Å². The van der Waals surface area contributed by atoms with Crippen LogP contribution in [0.1, 0.15) is 32.8 Å². The molecule has 0 aliphatic rings. The first-order valence-corrected chi connectivity index (χ1v) is 6.00. The summed E-state index contributed by atoms with van der Waals surface area (Å²) in [6, 6.07) is 0.209. The van der Waals surface area contributed by atoms with E-state index in [-0.39, 0.29) is 12.6 Å². The summed E-state index contributed by atoms with van der Waals surface area (Å²) in [6.07, 6.45) is 4.85. The van der Waals surface area contributed by atoms with E-state index in [0.717, 1.165) is 18.5 Å². The summed E-state index contributed by atoms with van der Waals surface area (Å²) >= 11 is 0. The summed E-state index contributed by atoms with van der Waals surface area (Å²) in [5, 5.41) is 13.1. The van der Waals surface area contributed by atoms with Gasteiger partial charge >= 0.3 is 5.97 Å². The quantitative estimate of drug-likeness (QED) is 0.785. The van der Waals surface area contributed by atoms with Crippen molar-refractivity contribution in [1.29, 1.82) is 0 Å². The molecule has 0 fully saturated rings. The van der Waals surface area contributed by atoms with Crippen LogP contribution in [0.3, 0.4) is 0 Å². The number of nitrogens with zero attached hydrogens (tertiary/aromatic N) is 3. The van der Waals surface area contributed by atoms with E-state index >= 15 is 0 Å². The Hall–Kier alpha value is -1.36. The molecule has 0 aliphatic heterocycles. The number of aryl methyl sites for hydroxylation is 1. The van der Waals surface area contributed by atoms with E-state index in [2.05, 4.69) is 12.0 Å². The maximum absolute atomic E-state index is 10.7. The number of hydrogen-bond donors (Lipinski definition) is 1. The van der Waals surface area contributed by atoms with Crippen molar-refractivity contribution in [2.75, 3.05) is 6.54 Å². The lowest BCUT2D eigenvalue weighted by Gasteiger charge is -2.23. The van der Waals surface area contributed by atoms with Crippen molar-refractivity contribution >= 4 is 5.97 Å². The number of aromatic nitrogens is 2. The maximum atomic E-state index is 10.7. The molecule has 5 nitrogen and oxygen atoms in total. The molecule has 96 valence electrons. The van der Waals surface area contributed by atoms with Crippen molar-refractivity contribution in [3.8, 4) is 0 Å². The average molecular weight is 239 g/mol. The number of carbonyl (C=O) groups is 1. The highest BCUT2D eigenvalue weighted by Crippen LogP contribution is 2.07. The summed E-state index contributed by atoms with van der Waals surface area (Å²) in [4.78, 5) is 12.7. The summed E-state index contributed by atoms with van der Waals surface area (Å²) in [6.45, 7) is 7.70. The summed E-state index contributed by atoms with van der Waals surface area (Å²) in [7, 11) is 0. The van der Waals surface area contributed by atoms with Gasteiger partial charge in [0, 0.05) is 30.9 Å². The summed E-state index contributed by atoms with van der Waals surface area (Å²) < 4.78 is 1.90. The molecular weight excluding hydrogens is 218 g/mol. The zero-order chi connectivity index (χ0) is 12.8. The van der Waals surface area contributed by atoms with E-state index < -0.39 is 5.97 Å². The summed E-state index contributed by atoms with van der Waals surface area (Å²) in [5.74, 6) is -0.792. The number of hydrogen-bond acceptors (Lipinski definition) is 3. The molecule has 1 N–H and O–H groups in total. The first kappa shape index (κ1) is 13.7. The molecule has 0 spiro atoms. The van der Waals surface area contributed by atoms with E-state index in [4.69, 9.17) is 5.11 Å². The van der Waals surface area contributed by atoms with Crippen LogP contribution in [0.25, 0.3) is 0 Å². The summed E-state index contributed by atoms with van der Waals surface area (Å²) in [5.41, 5.74) is 1.06. The third-order valence-corrected chi connectivity index (χ3v) is 2.59. The third kappa shape index (κ3) is 4.56. The van der Waals surface area contributed by atoms with Crippen molar-refractivity contribution in [3.05, 3.63) is 18.0 Å². The van der Waals surface area contributed by atoms with Crippen LogP contribution >= 0.6 is 0 Å². The van der Waals surface area contributed by atoms with Crippen molar-refractivity contribution in [2.45, 2.75) is 46.3 Å². The van der Waals surface area contributed by atoms with Crippen LogP contribution < -0.4 is 0 Å². The number of carboxylic acids is 1. The molecule has 0 radical (unpaired) electrons. The first-order chi connectivity index (χ1) is 8.02. The van der Waals surface area contributed by atoms with Crippen LogP contribution in [0.2, 0.25) is 0 Å². The molecule has 0 aliphatic carbocycles. The number of aliphatic carboxylic acids is 1. The lowest BCUT2D eigenvalue weighted by atomic mass is 10.2. The Morgan fingerprint density at radius 1 is 1.59 bits per heavy atom. The topological polar surface area (TPSA) is 58.4 Å². The fraction of sp³-hybridized carbons (Fsp3) is 0.667. The van der Waals surface area contributed by atoms with E-state index in [0.29, 0.717) is 6.54 Å². The highest BCUT2D eigenvalue weighted by atomic mass is 16.4. The normalized spacial score (nSPS) is 11.4. The van der Waals surface area contributed by atoms with Gasteiger partial charge in [0.15, 0.2) is 0 Å². The average Bonchev–Trinajstić information content (AvgIpc) is 2.64. The second-order valence-electron chi connectivity index (χ2n) is 4.50. The fourth-order valence-corrected chi connectivity index (χ4v) is 1.67. The van der Waals surface area contributed by atoms with Crippen molar-refractivity contribution in [2.24, 2.45) is 0 Å². The first-order valence-electron chi connectivity index (χ1n) is 6.00. The number of carboxylic acid groups (broad SMARTS) is 1. The highest BCUT2D eigenvalue weighted by Gasteiger charge is 2.14. The van der Waals surface area contributed by atoms with Crippen molar-refractivity contribution in [3.63, 3.8) is 0 Å². The molecule has 1 aromatic heterocycles. The second kappa shape index (κ2) is 6.39. The van der Waals surface area contributed by atoms with Gasteiger partial charge in [-0.2, -0.15) is 5.10 Å². The lowest BCUT2D eigenvalue weighted by molar-refractivity contribution is -0.138. The monoisotopic (exact) mass is 239 g/mol. The van der Waals surface area contributed by atoms with Crippen LogP contribution in [-0.4, -0.2) is 38.3 Å². The van der Waals surface area contributed by atoms with Crippen LogP contribution in [0.4, 0.5) is 0 Å². The van der Waals surface area contributed by atoms with Gasteiger partial charge in [-0.3, -0.25) is 14.4 Å². The molecule has 17 heavy (non-hydrogen) atoms. The van der Waals surface area contributed by atoms with Crippen LogP contribution in [-0.2, 0) is 17.9 Å². The van der Waals surface area contributed by atoms with Gasteiger partial charge in [0.05, 0.1) is 12.7 Å². The standard InChI is InChI=1S/C12H21N3O2/c1-4-5-15-8-11(6-13-15)7-14(10(2)3)9-12(16)17/h6,8,10H,4-5,7,9H2,1-3H3,(H,16,17). The van der Waals surface area contributed by atoms with Crippen LogP contribution in [0.15, 0.2) is 12.4 Å². The minimum Gasteiger partial charge on any atom is -0.480 e. The van der Waals surface area contributed by atoms with Crippen LogP contribution in [0, 0.1) is 0 Å². The van der Waals surface area contributed by atoms with E-state index in [1.807, 2.05) is 35.8 Å². The SMILES string of the molecule is CCCn1cc(CN(CC(=O)O)C(C)C)cn1. The van der Waals surface area contributed by atoms with Crippen molar-refractivity contribution < 1.29 is 9.90 Å². The van der Waals surface area contributed by atoms with Gasteiger partial charge in [0.2, 0.25) is 0 Å². The predicted molar refractivity (Wildman–Crippen MR) is 65.7 cm³/mol. The maximum Gasteiger partial charge on any atom is 0.317 e. The van der Waals surface area contributed by atoms with E-state index in [1.54, 1.807) is 0 Å². The fourth-order valence-electron chi connectivity index (χ4n) is 1.67. The Balaban J connectivity index is 2.61. The Bertz CT molecular complexity index is 360. The van der Waals surface area contributed by atoms with Crippen LogP contribution in [0.5, 0.6) is 0 Å². The minimum atomic E-state index is -0.792. The Morgan fingerprint density at radius 3 is 2.82 bits per heavy atom. The van der Waals surface area contributed by atoms with Crippen molar-refractivity contribution in [1.82, 2.24) is 14.7 Å². The van der Waals surface area contributed by atoms with Gasteiger partial charge in [-0.25, -0.2) is 0 Å². The van der Waals surface area contributed by atoms with E-state index in [9.17, 15) is 4.79 Å². The molecule has 0 saturated carbocycles. The molecule has 5 heteroatoms. The third-order valence-electron chi connectivity index (χ3n) is 2.59. The molecule has 1 heterocycles. The Kier molecular flexibility index (Phi) is 5.15. The molecule has 1 rings (SSSR count). The minimum absolute atomic E-state index is 0.0661. The largest absolute Gasteiger partial charge is 0.480 e. The molecule has 0 saturated heterocycles. The number of rotatable bonds is 7. The van der Waals surface area contributed by atoms with Gasteiger partial charge in [-0.1, -0.05) is 6.92 Å². The van der Waals surface area contributed by atoms with Gasteiger partial charge in [0.25, 0.3) is 0 Å². The van der Waals surface area contributed by atoms with E-state index in [1.165, 1.54) is 0 Å². The Labute approximate surface area is 102 Å². The van der Waals surface area contributed by atoms with Gasteiger partial charge in [-0.15, -0.1) is 0 Å². The molecule has 0 bridgehead atoms. The zero-order valence-corrected chi connectivity index (χ0v) is 10.8. The molecule has 0 amide bonds. The van der Waals surface area contributed by atoms with Gasteiger partial charge < -0.3 is 5.11 Å².